The zero-order chi connectivity index (χ0) is 21.1. The lowest BCUT2D eigenvalue weighted by Crippen LogP contribution is -2.58. The zero-order valence-corrected chi connectivity index (χ0v) is 16.3. The molecule has 0 aromatic rings. The molecule has 2 aliphatic rings. The van der Waals surface area contributed by atoms with Gasteiger partial charge in [-0.15, -0.1) is 0 Å². The van der Waals surface area contributed by atoms with Gasteiger partial charge in [0.25, 0.3) is 5.92 Å². The third kappa shape index (κ3) is 5.78. The summed E-state index contributed by atoms with van der Waals surface area (Å²) in [5.74, 6) is -4.57. The quantitative estimate of drug-likeness (QED) is 0.744. The van der Waals surface area contributed by atoms with Gasteiger partial charge in [-0.1, -0.05) is 0 Å². The number of likely N-dealkylation sites (tertiary alicyclic amines) is 1. The summed E-state index contributed by atoms with van der Waals surface area (Å²) in [7, 11) is 0. The summed E-state index contributed by atoms with van der Waals surface area (Å²) in [6.07, 6.45) is -1.64. The number of carbonyl (C=O) groups is 3. The van der Waals surface area contributed by atoms with Gasteiger partial charge in [-0.2, -0.15) is 5.26 Å². The maximum atomic E-state index is 13.9. The van der Waals surface area contributed by atoms with Crippen molar-refractivity contribution in [2.75, 3.05) is 13.1 Å². The molecule has 0 spiro atoms. The first kappa shape index (κ1) is 21.9. The molecule has 0 radical (unpaired) electrons. The van der Waals surface area contributed by atoms with Crippen LogP contribution >= 0.6 is 0 Å². The van der Waals surface area contributed by atoms with E-state index in [-0.39, 0.29) is 18.9 Å². The zero-order valence-electron chi connectivity index (χ0n) is 16.3. The molecule has 8 nitrogen and oxygen atoms in total. The molecule has 0 aromatic heterocycles. The number of amides is 3. The molecule has 0 bridgehead atoms. The fourth-order valence-electron chi connectivity index (χ4n) is 3.27. The number of nitrogens with one attached hydrogen (secondary N) is 2. The van der Waals surface area contributed by atoms with Crippen LogP contribution in [-0.2, 0) is 14.3 Å². The highest BCUT2D eigenvalue weighted by molar-refractivity contribution is 5.86. The smallest absolute Gasteiger partial charge is 0.410 e. The van der Waals surface area contributed by atoms with Crippen molar-refractivity contribution in [3.8, 4) is 6.07 Å². The Hall–Kier alpha value is -2.44. The molecule has 3 atom stereocenters. The van der Waals surface area contributed by atoms with Crippen LogP contribution in [0.2, 0.25) is 0 Å². The SMILES string of the molecule is CC(C)(C)OC(=O)N1CCC(F)(F)C[C@H]1C(=O)N[C@H](C#N)C[C@@H]1CCNC1=O. The Balaban J connectivity index is 2.09. The topological polar surface area (TPSA) is 112 Å². The Morgan fingerprint density at radius 2 is 2.14 bits per heavy atom. The van der Waals surface area contributed by atoms with Crippen molar-refractivity contribution in [2.45, 2.75) is 70.1 Å². The van der Waals surface area contributed by atoms with E-state index in [0.29, 0.717) is 13.0 Å². The van der Waals surface area contributed by atoms with Gasteiger partial charge in [-0.3, -0.25) is 14.5 Å². The minimum atomic E-state index is -3.10. The highest BCUT2D eigenvalue weighted by atomic mass is 19.3. The minimum Gasteiger partial charge on any atom is -0.444 e. The molecule has 3 amide bonds. The summed E-state index contributed by atoms with van der Waals surface area (Å²) in [5, 5.41) is 14.3. The van der Waals surface area contributed by atoms with E-state index in [9.17, 15) is 28.4 Å². The van der Waals surface area contributed by atoms with Gasteiger partial charge in [0.2, 0.25) is 11.8 Å². The van der Waals surface area contributed by atoms with Gasteiger partial charge in [0.1, 0.15) is 17.7 Å². The number of nitrogens with zero attached hydrogens (tertiary/aromatic N) is 2. The van der Waals surface area contributed by atoms with E-state index >= 15 is 0 Å². The standard InChI is InChI=1S/C18H26F2N4O4/c1-17(2,3)28-16(27)24-7-5-18(19,20)9-13(24)15(26)23-12(10-21)8-11-4-6-22-14(11)25/h11-13H,4-9H2,1-3H3,(H,22,25)(H,23,26)/t11-,12-,13-/m0/s1. The second-order valence-electron chi connectivity index (χ2n) is 8.20. The molecule has 28 heavy (non-hydrogen) atoms. The number of nitriles is 1. The van der Waals surface area contributed by atoms with Crippen LogP contribution in [0.3, 0.4) is 0 Å². The van der Waals surface area contributed by atoms with Crippen molar-refractivity contribution in [1.82, 2.24) is 15.5 Å². The predicted octanol–water partition coefficient (Wildman–Crippen LogP) is 1.56. The second kappa shape index (κ2) is 8.29. The summed E-state index contributed by atoms with van der Waals surface area (Å²) in [5.41, 5.74) is -0.844. The van der Waals surface area contributed by atoms with Crippen molar-refractivity contribution in [3.63, 3.8) is 0 Å². The lowest BCUT2D eigenvalue weighted by molar-refractivity contribution is -0.137. The van der Waals surface area contributed by atoms with Gasteiger partial charge in [0.15, 0.2) is 0 Å². The largest absolute Gasteiger partial charge is 0.444 e. The van der Waals surface area contributed by atoms with E-state index < -0.39 is 54.4 Å². The maximum Gasteiger partial charge on any atom is 0.410 e. The third-order valence-electron chi connectivity index (χ3n) is 4.67. The van der Waals surface area contributed by atoms with Crippen molar-refractivity contribution < 1.29 is 27.9 Å². The summed E-state index contributed by atoms with van der Waals surface area (Å²) in [6.45, 7) is 5.07. The summed E-state index contributed by atoms with van der Waals surface area (Å²) >= 11 is 0. The third-order valence-corrected chi connectivity index (χ3v) is 4.67. The molecule has 2 N–H and O–H groups in total. The summed E-state index contributed by atoms with van der Waals surface area (Å²) < 4.78 is 33.0. The van der Waals surface area contributed by atoms with Crippen LogP contribution < -0.4 is 10.6 Å². The normalized spacial score (nSPS) is 25.4. The predicted molar refractivity (Wildman–Crippen MR) is 94.2 cm³/mol. The van der Waals surface area contributed by atoms with E-state index in [2.05, 4.69) is 10.6 Å². The van der Waals surface area contributed by atoms with Gasteiger partial charge >= 0.3 is 6.09 Å². The van der Waals surface area contributed by atoms with Crippen LogP contribution in [0.5, 0.6) is 0 Å². The molecule has 0 aromatic carbocycles. The Bertz CT molecular complexity index is 671. The monoisotopic (exact) mass is 400 g/mol. The molecule has 2 heterocycles. The molecule has 0 aliphatic carbocycles. The Kier molecular flexibility index (Phi) is 6.47. The van der Waals surface area contributed by atoms with Crippen LogP contribution in [0, 0.1) is 17.2 Å². The van der Waals surface area contributed by atoms with Crippen molar-refractivity contribution in [2.24, 2.45) is 5.92 Å². The van der Waals surface area contributed by atoms with Gasteiger partial charge in [-0.05, 0) is 33.6 Å². The lowest BCUT2D eigenvalue weighted by Gasteiger charge is -2.39. The highest BCUT2D eigenvalue weighted by Gasteiger charge is 2.46. The first-order chi connectivity index (χ1) is 12.9. The average molecular weight is 400 g/mol. The van der Waals surface area contributed by atoms with E-state index in [1.807, 2.05) is 6.07 Å². The van der Waals surface area contributed by atoms with Crippen LogP contribution in [0.4, 0.5) is 13.6 Å². The molecular weight excluding hydrogens is 374 g/mol. The number of ether oxygens (including phenoxy) is 1. The fraction of sp³-hybridized carbons (Fsp3) is 0.778. The van der Waals surface area contributed by atoms with Crippen LogP contribution in [0.15, 0.2) is 0 Å². The van der Waals surface area contributed by atoms with Gasteiger partial charge < -0.3 is 15.4 Å². The molecular formula is C18H26F2N4O4. The fourth-order valence-corrected chi connectivity index (χ4v) is 3.27. The molecule has 0 saturated carbocycles. The van der Waals surface area contributed by atoms with Crippen molar-refractivity contribution >= 4 is 17.9 Å². The molecule has 2 saturated heterocycles. The number of piperidine rings is 1. The van der Waals surface area contributed by atoms with Gasteiger partial charge in [0, 0.05) is 31.8 Å². The van der Waals surface area contributed by atoms with Crippen molar-refractivity contribution in [3.05, 3.63) is 0 Å². The number of rotatable bonds is 4. The Labute approximate surface area is 162 Å². The minimum absolute atomic E-state index is 0.0869. The number of alkyl halides is 2. The van der Waals surface area contributed by atoms with Gasteiger partial charge in [-0.25, -0.2) is 13.6 Å². The Morgan fingerprint density at radius 3 is 2.68 bits per heavy atom. The molecule has 2 fully saturated rings. The second-order valence-corrected chi connectivity index (χ2v) is 8.20. The van der Waals surface area contributed by atoms with E-state index in [4.69, 9.17) is 4.74 Å². The number of halogens is 2. The maximum absolute atomic E-state index is 13.9. The molecule has 10 heteroatoms. The molecule has 156 valence electrons. The van der Waals surface area contributed by atoms with Gasteiger partial charge in [0.05, 0.1) is 6.07 Å². The van der Waals surface area contributed by atoms with Crippen LogP contribution in [0.25, 0.3) is 0 Å². The van der Waals surface area contributed by atoms with Crippen molar-refractivity contribution in [1.29, 1.82) is 5.26 Å². The molecule has 0 unspecified atom stereocenters. The summed E-state index contributed by atoms with van der Waals surface area (Å²) in [4.78, 5) is 37.7. The number of hydrogen-bond acceptors (Lipinski definition) is 5. The van der Waals surface area contributed by atoms with E-state index in [0.717, 1.165) is 4.90 Å². The number of carbonyl (C=O) groups excluding carboxylic acids is 3. The van der Waals surface area contributed by atoms with E-state index in [1.165, 1.54) is 0 Å². The van der Waals surface area contributed by atoms with Crippen LogP contribution in [-0.4, -0.2) is 59.5 Å². The van der Waals surface area contributed by atoms with E-state index in [1.54, 1.807) is 20.8 Å². The first-order valence-electron chi connectivity index (χ1n) is 9.27. The number of hydrogen-bond donors (Lipinski definition) is 2. The first-order valence-corrected chi connectivity index (χ1v) is 9.27. The average Bonchev–Trinajstić information content (AvgIpc) is 2.96. The molecule has 2 aliphatic heterocycles. The van der Waals surface area contributed by atoms with Crippen LogP contribution in [0.1, 0.15) is 46.5 Å². The lowest BCUT2D eigenvalue weighted by atomic mass is 9.96. The molecule has 2 rings (SSSR count). The highest BCUT2D eigenvalue weighted by Crippen LogP contribution is 2.33. The summed E-state index contributed by atoms with van der Waals surface area (Å²) in [6, 6.07) is -0.580. The Morgan fingerprint density at radius 1 is 1.46 bits per heavy atom.